The molecule has 0 bridgehead atoms. The molecule has 0 aromatic heterocycles. The summed E-state index contributed by atoms with van der Waals surface area (Å²) in [6.45, 7) is 3.46. The Morgan fingerprint density at radius 2 is 1.91 bits per heavy atom. The summed E-state index contributed by atoms with van der Waals surface area (Å²) < 4.78 is 5.58. The van der Waals surface area contributed by atoms with Crippen LogP contribution >= 0.6 is 0 Å². The Morgan fingerprint density at radius 3 is 2.70 bits per heavy atom. The Hall–Kier alpha value is -1.80. The summed E-state index contributed by atoms with van der Waals surface area (Å²) in [5, 5.41) is 3.83. The molecule has 4 rings (SSSR count). The lowest BCUT2D eigenvalue weighted by molar-refractivity contribution is 0.335. The van der Waals surface area contributed by atoms with E-state index in [4.69, 9.17) is 4.74 Å². The van der Waals surface area contributed by atoms with Gasteiger partial charge in [-0.15, -0.1) is 0 Å². The summed E-state index contributed by atoms with van der Waals surface area (Å²) in [5.74, 6) is 2.98. The van der Waals surface area contributed by atoms with Crippen LogP contribution in [-0.4, -0.2) is 19.7 Å². The molecule has 120 valence electrons. The molecule has 2 aliphatic rings. The van der Waals surface area contributed by atoms with Gasteiger partial charge in [0.15, 0.2) is 0 Å². The van der Waals surface area contributed by atoms with Gasteiger partial charge in [0.05, 0.1) is 7.11 Å². The van der Waals surface area contributed by atoms with Gasteiger partial charge in [0.25, 0.3) is 0 Å². The Labute approximate surface area is 138 Å². The van der Waals surface area contributed by atoms with E-state index in [-0.39, 0.29) is 0 Å². The zero-order valence-electron chi connectivity index (χ0n) is 14.0. The minimum atomic E-state index is 0.554. The van der Waals surface area contributed by atoms with Crippen LogP contribution < -0.4 is 10.1 Å². The van der Waals surface area contributed by atoms with E-state index in [0.29, 0.717) is 17.9 Å². The zero-order chi connectivity index (χ0) is 15.8. The lowest BCUT2D eigenvalue weighted by Crippen LogP contribution is -2.34. The molecule has 1 unspecified atom stereocenters. The zero-order valence-corrected chi connectivity index (χ0v) is 14.0. The van der Waals surface area contributed by atoms with Crippen molar-refractivity contribution in [2.45, 2.75) is 37.6 Å². The van der Waals surface area contributed by atoms with Gasteiger partial charge >= 0.3 is 0 Å². The first-order chi connectivity index (χ1) is 11.3. The van der Waals surface area contributed by atoms with Crippen LogP contribution in [0.25, 0.3) is 0 Å². The monoisotopic (exact) mass is 307 g/mol. The highest BCUT2D eigenvalue weighted by Crippen LogP contribution is 2.46. The van der Waals surface area contributed by atoms with Gasteiger partial charge in [-0.2, -0.15) is 0 Å². The van der Waals surface area contributed by atoms with E-state index in [1.54, 1.807) is 7.11 Å². The van der Waals surface area contributed by atoms with Crippen molar-refractivity contribution in [3.8, 4) is 5.75 Å². The van der Waals surface area contributed by atoms with Crippen molar-refractivity contribution in [1.29, 1.82) is 0 Å². The molecule has 1 heterocycles. The van der Waals surface area contributed by atoms with Gasteiger partial charge in [0.2, 0.25) is 0 Å². The molecule has 1 saturated heterocycles. The number of methoxy groups -OCH3 is 1. The van der Waals surface area contributed by atoms with Gasteiger partial charge in [-0.05, 0) is 47.4 Å². The third-order valence-electron chi connectivity index (χ3n) is 5.93. The fourth-order valence-electron chi connectivity index (χ4n) is 4.75. The minimum Gasteiger partial charge on any atom is -0.496 e. The first-order valence-corrected chi connectivity index (χ1v) is 8.73. The molecular weight excluding hydrogens is 282 g/mol. The second-order valence-electron chi connectivity index (χ2n) is 6.97. The fraction of sp³-hybridized carbons (Fsp3) is 0.429. The van der Waals surface area contributed by atoms with Gasteiger partial charge < -0.3 is 10.1 Å². The lowest BCUT2D eigenvalue weighted by atomic mass is 9.71. The molecule has 1 aliphatic carbocycles. The molecule has 0 spiro atoms. The summed E-state index contributed by atoms with van der Waals surface area (Å²) in [7, 11) is 1.79. The quantitative estimate of drug-likeness (QED) is 0.921. The van der Waals surface area contributed by atoms with Gasteiger partial charge in [0, 0.05) is 18.5 Å². The van der Waals surface area contributed by atoms with Crippen LogP contribution in [0.15, 0.2) is 48.5 Å². The van der Waals surface area contributed by atoms with Crippen LogP contribution in [0.5, 0.6) is 5.75 Å². The number of hydrogen-bond acceptors (Lipinski definition) is 2. The number of hydrogen-bond donors (Lipinski definition) is 1. The molecule has 2 aromatic carbocycles. The molecular formula is C21H25NO. The predicted molar refractivity (Wildman–Crippen MR) is 94.2 cm³/mol. The van der Waals surface area contributed by atoms with Crippen LogP contribution in [0.1, 0.15) is 41.9 Å². The molecule has 0 amide bonds. The van der Waals surface area contributed by atoms with Gasteiger partial charge in [-0.1, -0.05) is 49.4 Å². The maximum absolute atomic E-state index is 5.58. The van der Waals surface area contributed by atoms with Gasteiger partial charge in [-0.3, -0.25) is 0 Å². The average Bonchev–Trinajstić information content (AvgIpc) is 3.05. The molecule has 4 atom stereocenters. The molecule has 2 aromatic rings. The highest BCUT2D eigenvalue weighted by molar-refractivity contribution is 5.45. The van der Waals surface area contributed by atoms with Crippen molar-refractivity contribution in [1.82, 2.24) is 5.32 Å². The minimum absolute atomic E-state index is 0.554. The average molecular weight is 307 g/mol. The summed E-state index contributed by atoms with van der Waals surface area (Å²) in [5.41, 5.74) is 4.39. The summed E-state index contributed by atoms with van der Waals surface area (Å²) in [6.07, 6.45) is 2.40. The van der Waals surface area contributed by atoms with Crippen molar-refractivity contribution in [2.24, 2.45) is 5.92 Å². The van der Waals surface area contributed by atoms with E-state index in [9.17, 15) is 0 Å². The summed E-state index contributed by atoms with van der Waals surface area (Å²) in [4.78, 5) is 0. The van der Waals surface area contributed by atoms with Crippen molar-refractivity contribution >= 4 is 0 Å². The fourth-order valence-corrected chi connectivity index (χ4v) is 4.75. The van der Waals surface area contributed by atoms with Gasteiger partial charge in [0.1, 0.15) is 5.75 Å². The van der Waals surface area contributed by atoms with Crippen LogP contribution in [0, 0.1) is 5.92 Å². The Bertz CT molecular complexity index is 681. The van der Waals surface area contributed by atoms with Crippen LogP contribution in [0.3, 0.4) is 0 Å². The van der Waals surface area contributed by atoms with Crippen molar-refractivity contribution in [3.05, 3.63) is 65.2 Å². The molecule has 2 heteroatoms. The van der Waals surface area contributed by atoms with Crippen molar-refractivity contribution in [3.63, 3.8) is 0 Å². The molecule has 0 radical (unpaired) electrons. The standard InChI is InChI=1S/C21H25NO/c1-14(15-7-4-3-5-8-15)21-18-12-11-17-16(19(18)13-22-21)9-6-10-20(17)23-2/h3-10,14,18-19,21-22H,11-13H2,1-2H3/t14-,18+,19-,21?/m0/s1. The molecule has 0 saturated carbocycles. The summed E-state index contributed by atoms with van der Waals surface area (Å²) in [6, 6.07) is 18.1. The van der Waals surface area contributed by atoms with Gasteiger partial charge in [-0.25, -0.2) is 0 Å². The molecule has 1 aliphatic heterocycles. The third kappa shape index (κ3) is 2.46. The second kappa shape index (κ2) is 6.01. The van der Waals surface area contributed by atoms with Crippen LogP contribution in [0.4, 0.5) is 0 Å². The number of benzene rings is 2. The number of fused-ring (bicyclic) bond motifs is 3. The Morgan fingerprint density at radius 1 is 1.09 bits per heavy atom. The van der Waals surface area contributed by atoms with E-state index in [2.05, 4.69) is 60.8 Å². The predicted octanol–water partition coefficient (Wildman–Crippen LogP) is 4.12. The maximum Gasteiger partial charge on any atom is 0.122 e. The van der Waals surface area contributed by atoms with Crippen molar-refractivity contribution < 1.29 is 4.74 Å². The number of rotatable bonds is 3. The SMILES string of the molecule is COc1cccc2c1CC[C@H]1C([C@@H](C)c3ccccc3)NC[C@@H]21. The second-order valence-corrected chi connectivity index (χ2v) is 6.97. The molecule has 1 fully saturated rings. The highest BCUT2D eigenvalue weighted by atomic mass is 16.5. The van der Waals surface area contributed by atoms with Crippen molar-refractivity contribution in [2.75, 3.05) is 13.7 Å². The van der Waals surface area contributed by atoms with E-state index in [1.807, 2.05) is 0 Å². The smallest absolute Gasteiger partial charge is 0.122 e. The number of ether oxygens (including phenoxy) is 1. The largest absolute Gasteiger partial charge is 0.496 e. The first kappa shape index (κ1) is 14.8. The number of nitrogens with one attached hydrogen (secondary N) is 1. The van der Waals surface area contributed by atoms with E-state index in [0.717, 1.165) is 24.6 Å². The Balaban J connectivity index is 1.63. The first-order valence-electron chi connectivity index (χ1n) is 8.73. The van der Waals surface area contributed by atoms with Crippen LogP contribution in [0.2, 0.25) is 0 Å². The van der Waals surface area contributed by atoms with Crippen LogP contribution in [-0.2, 0) is 6.42 Å². The Kier molecular flexibility index (Phi) is 3.86. The third-order valence-corrected chi connectivity index (χ3v) is 5.93. The van der Waals surface area contributed by atoms with E-state index < -0.39 is 0 Å². The molecule has 1 N–H and O–H groups in total. The van der Waals surface area contributed by atoms with E-state index in [1.165, 1.54) is 23.1 Å². The molecule has 2 nitrogen and oxygen atoms in total. The topological polar surface area (TPSA) is 21.3 Å². The summed E-state index contributed by atoms with van der Waals surface area (Å²) >= 11 is 0. The van der Waals surface area contributed by atoms with E-state index >= 15 is 0 Å². The molecule has 23 heavy (non-hydrogen) atoms. The maximum atomic E-state index is 5.58. The lowest BCUT2D eigenvalue weighted by Gasteiger charge is -2.34. The highest BCUT2D eigenvalue weighted by Gasteiger charge is 2.42. The normalized spacial score (nSPS) is 27.1.